The number of alkyl halides is 3. The Morgan fingerprint density at radius 1 is 1.48 bits per heavy atom. The Morgan fingerprint density at radius 3 is 2.70 bits per heavy atom. The average Bonchev–Trinajstić information content (AvgIpc) is 2.97. The second-order valence-corrected chi connectivity index (χ2v) is 5.31. The van der Waals surface area contributed by atoms with Gasteiger partial charge in [-0.1, -0.05) is 0 Å². The van der Waals surface area contributed by atoms with E-state index in [0.717, 1.165) is 18.9 Å². The lowest BCUT2D eigenvalue weighted by molar-refractivity contribution is -0.385. The first kappa shape index (κ1) is 17.2. The van der Waals surface area contributed by atoms with Gasteiger partial charge in [0.15, 0.2) is 0 Å². The summed E-state index contributed by atoms with van der Waals surface area (Å²) in [5.41, 5.74) is -2.39. The molecule has 9 heteroatoms. The molecule has 0 spiro atoms. The molecule has 0 aliphatic carbocycles. The topological polar surface area (TPSA) is 72.7 Å². The van der Waals surface area contributed by atoms with Crippen LogP contribution in [0.4, 0.5) is 18.9 Å². The summed E-state index contributed by atoms with van der Waals surface area (Å²) >= 11 is 0. The Balaban J connectivity index is 2.26. The van der Waals surface area contributed by atoms with Crippen molar-refractivity contribution in [3.05, 3.63) is 39.4 Å². The van der Waals surface area contributed by atoms with Crippen molar-refractivity contribution < 1.29 is 27.6 Å². The van der Waals surface area contributed by atoms with Gasteiger partial charge in [0.2, 0.25) is 0 Å². The minimum Gasteiger partial charge on any atom is -0.376 e. The lowest BCUT2D eigenvalue weighted by atomic mass is 10.1. The minimum atomic E-state index is -4.71. The number of likely N-dealkylation sites (N-methyl/N-ethyl adjacent to an activating group) is 1. The third-order valence-electron chi connectivity index (χ3n) is 3.60. The molecule has 1 aliphatic rings. The second-order valence-electron chi connectivity index (χ2n) is 5.31. The van der Waals surface area contributed by atoms with Gasteiger partial charge in [0.25, 0.3) is 11.6 Å². The number of benzene rings is 1. The van der Waals surface area contributed by atoms with E-state index in [-0.39, 0.29) is 18.2 Å². The molecule has 2 rings (SSSR count). The average molecular weight is 332 g/mol. The fourth-order valence-electron chi connectivity index (χ4n) is 2.42. The van der Waals surface area contributed by atoms with Gasteiger partial charge in [-0.25, -0.2) is 0 Å². The van der Waals surface area contributed by atoms with Crippen LogP contribution >= 0.6 is 0 Å². The number of hydrogen-bond acceptors (Lipinski definition) is 4. The van der Waals surface area contributed by atoms with Crippen molar-refractivity contribution >= 4 is 11.6 Å². The quantitative estimate of drug-likeness (QED) is 0.628. The molecular formula is C14H15F3N2O4. The Bertz CT molecular complexity index is 613. The van der Waals surface area contributed by atoms with E-state index < -0.39 is 28.3 Å². The zero-order valence-electron chi connectivity index (χ0n) is 12.3. The van der Waals surface area contributed by atoms with Gasteiger partial charge in [-0.2, -0.15) is 13.2 Å². The molecule has 1 aromatic rings. The summed E-state index contributed by atoms with van der Waals surface area (Å²) in [6.07, 6.45) is -3.23. The standard InChI is InChI=1S/C14H15F3N2O4/c1-18(8-10-3-2-6-23-10)13(20)11-5-4-9(14(15,16)17)7-12(11)19(21)22/h4-5,7,10H,2-3,6,8H2,1H3. The van der Waals surface area contributed by atoms with Crippen LogP contribution in [0.3, 0.4) is 0 Å². The molecule has 1 amide bonds. The van der Waals surface area contributed by atoms with Gasteiger partial charge < -0.3 is 9.64 Å². The molecule has 1 fully saturated rings. The number of nitro groups is 1. The highest BCUT2D eigenvalue weighted by Gasteiger charge is 2.34. The van der Waals surface area contributed by atoms with Gasteiger partial charge >= 0.3 is 6.18 Å². The molecule has 0 saturated carbocycles. The molecule has 0 radical (unpaired) electrons. The van der Waals surface area contributed by atoms with Crippen LogP contribution in [-0.2, 0) is 10.9 Å². The van der Waals surface area contributed by atoms with Crippen molar-refractivity contribution in [2.45, 2.75) is 25.1 Å². The van der Waals surface area contributed by atoms with Crippen molar-refractivity contribution in [3.8, 4) is 0 Å². The Morgan fingerprint density at radius 2 is 2.17 bits per heavy atom. The van der Waals surface area contributed by atoms with Crippen LogP contribution in [-0.4, -0.2) is 42.0 Å². The highest BCUT2D eigenvalue weighted by atomic mass is 19.4. The van der Waals surface area contributed by atoms with Crippen LogP contribution in [0.2, 0.25) is 0 Å². The number of ether oxygens (including phenoxy) is 1. The van der Waals surface area contributed by atoms with Gasteiger partial charge in [-0.3, -0.25) is 14.9 Å². The van der Waals surface area contributed by atoms with Gasteiger partial charge in [0, 0.05) is 26.3 Å². The van der Waals surface area contributed by atoms with E-state index in [1.807, 2.05) is 0 Å². The molecule has 1 unspecified atom stereocenters. The molecule has 1 saturated heterocycles. The van der Waals surface area contributed by atoms with Crippen molar-refractivity contribution in [3.63, 3.8) is 0 Å². The first-order valence-corrected chi connectivity index (χ1v) is 6.93. The molecular weight excluding hydrogens is 317 g/mol. The van der Waals surface area contributed by atoms with E-state index in [0.29, 0.717) is 18.7 Å². The van der Waals surface area contributed by atoms with Crippen molar-refractivity contribution in [2.24, 2.45) is 0 Å². The number of halogens is 3. The van der Waals surface area contributed by atoms with Crippen LogP contribution in [0.1, 0.15) is 28.8 Å². The molecule has 1 heterocycles. The molecule has 1 atom stereocenters. The maximum atomic E-state index is 12.7. The van der Waals surface area contributed by atoms with E-state index in [1.165, 1.54) is 11.9 Å². The largest absolute Gasteiger partial charge is 0.416 e. The predicted molar refractivity (Wildman–Crippen MR) is 74.0 cm³/mol. The summed E-state index contributed by atoms with van der Waals surface area (Å²) in [6, 6.07) is 1.89. The third kappa shape index (κ3) is 3.98. The van der Waals surface area contributed by atoms with E-state index in [9.17, 15) is 28.1 Å². The van der Waals surface area contributed by atoms with Crippen molar-refractivity contribution in [1.82, 2.24) is 4.90 Å². The Labute approximate surface area is 130 Å². The number of amides is 1. The fourth-order valence-corrected chi connectivity index (χ4v) is 2.42. The highest BCUT2D eigenvalue weighted by Crippen LogP contribution is 2.33. The summed E-state index contributed by atoms with van der Waals surface area (Å²) in [5.74, 6) is -0.707. The summed E-state index contributed by atoms with van der Waals surface area (Å²) in [5, 5.41) is 11.0. The SMILES string of the molecule is CN(CC1CCCO1)C(=O)c1ccc(C(F)(F)F)cc1[N+](=O)[O-]. The number of rotatable bonds is 4. The Hall–Kier alpha value is -2.16. The van der Waals surface area contributed by atoms with Gasteiger partial charge in [0.1, 0.15) is 5.56 Å². The normalized spacial score (nSPS) is 18.0. The van der Waals surface area contributed by atoms with Crippen molar-refractivity contribution in [1.29, 1.82) is 0 Å². The van der Waals surface area contributed by atoms with Crippen LogP contribution in [0.15, 0.2) is 18.2 Å². The summed E-state index contributed by atoms with van der Waals surface area (Å²) < 4.78 is 43.4. The molecule has 1 aromatic carbocycles. The smallest absolute Gasteiger partial charge is 0.376 e. The number of carbonyl (C=O) groups is 1. The zero-order chi connectivity index (χ0) is 17.2. The maximum absolute atomic E-state index is 12.7. The number of carbonyl (C=O) groups excluding carboxylic acids is 1. The van der Waals surface area contributed by atoms with E-state index >= 15 is 0 Å². The predicted octanol–water partition coefficient (Wildman–Crippen LogP) is 2.86. The van der Waals surface area contributed by atoms with Gasteiger partial charge in [0.05, 0.1) is 16.6 Å². The van der Waals surface area contributed by atoms with Gasteiger partial charge in [-0.15, -0.1) is 0 Å². The van der Waals surface area contributed by atoms with E-state index in [1.54, 1.807) is 0 Å². The zero-order valence-corrected chi connectivity index (χ0v) is 12.3. The van der Waals surface area contributed by atoms with Crippen LogP contribution < -0.4 is 0 Å². The number of nitrogens with zero attached hydrogens (tertiary/aromatic N) is 2. The molecule has 0 bridgehead atoms. The molecule has 6 nitrogen and oxygen atoms in total. The van der Waals surface area contributed by atoms with Crippen LogP contribution in [0, 0.1) is 10.1 Å². The second kappa shape index (κ2) is 6.53. The van der Waals surface area contributed by atoms with Gasteiger partial charge in [-0.05, 0) is 25.0 Å². The number of hydrogen-bond donors (Lipinski definition) is 0. The molecule has 126 valence electrons. The molecule has 23 heavy (non-hydrogen) atoms. The first-order chi connectivity index (χ1) is 10.7. The lowest BCUT2D eigenvalue weighted by Crippen LogP contribution is -2.34. The highest BCUT2D eigenvalue weighted by molar-refractivity contribution is 5.98. The molecule has 1 aliphatic heterocycles. The summed E-state index contributed by atoms with van der Waals surface area (Å²) in [4.78, 5) is 23.6. The monoisotopic (exact) mass is 332 g/mol. The maximum Gasteiger partial charge on any atom is 0.416 e. The minimum absolute atomic E-state index is 0.155. The molecule has 0 N–H and O–H groups in total. The summed E-state index contributed by atoms with van der Waals surface area (Å²) in [6.45, 7) is 0.824. The van der Waals surface area contributed by atoms with Crippen LogP contribution in [0.5, 0.6) is 0 Å². The third-order valence-corrected chi connectivity index (χ3v) is 3.60. The first-order valence-electron chi connectivity index (χ1n) is 6.93. The van der Waals surface area contributed by atoms with E-state index in [4.69, 9.17) is 4.74 Å². The summed E-state index contributed by atoms with van der Waals surface area (Å²) in [7, 11) is 1.44. The fraction of sp³-hybridized carbons (Fsp3) is 0.500. The molecule has 0 aromatic heterocycles. The van der Waals surface area contributed by atoms with Crippen LogP contribution in [0.25, 0.3) is 0 Å². The lowest BCUT2D eigenvalue weighted by Gasteiger charge is -2.21. The van der Waals surface area contributed by atoms with Crippen molar-refractivity contribution in [2.75, 3.05) is 20.2 Å². The van der Waals surface area contributed by atoms with E-state index in [2.05, 4.69) is 0 Å². The number of nitro benzene ring substituents is 1. The Kier molecular flexibility index (Phi) is 4.88.